The molecule has 1 saturated heterocycles. The second kappa shape index (κ2) is 5.35. The van der Waals surface area contributed by atoms with Crippen LogP contribution >= 0.6 is 0 Å². The van der Waals surface area contributed by atoms with Crippen molar-refractivity contribution in [2.24, 2.45) is 5.92 Å². The molecule has 1 atom stereocenters. The first kappa shape index (κ1) is 15.0. The molecule has 2 aliphatic heterocycles. The molecule has 0 aromatic carbocycles. The number of pyridine rings is 1. The van der Waals surface area contributed by atoms with Crippen LogP contribution in [-0.4, -0.2) is 40.0 Å². The second-order valence-electron chi connectivity index (χ2n) is 7.52. The Hall–Kier alpha value is -2.30. The van der Waals surface area contributed by atoms with E-state index >= 15 is 0 Å². The number of nitrogens with zero attached hydrogens (tertiary/aromatic N) is 4. The molecule has 1 amide bonds. The van der Waals surface area contributed by atoms with Gasteiger partial charge in [-0.2, -0.15) is 0 Å². The molecule has 2 aromatic heterocycles. The van der Waals surface area contributed by atoms with Gasteiger partial charge in [0.2, 0.25) is 5.91 Å². The maximum Gasteiger partial charge on any atom is 0.225 e. The van der Waals surface area contributed by atoms with Crippen LogP contribution in [0, 0.1) is 5.92 Å². The van der Waals surface area contributed by atoms with Gasteiger partial charge in [0.15, 0.2) is 5.82 Å². The van der Waals surface area contributed by atoms with Gasteiger partial charge >= 0.3 is 0 Å². The molecule has 0 N–H and O–H groups in total. The Balaban J connectivity index is 1.58. The number of carbonyl (C=O) groups excluding carboxylic acids is 1. The van der Waals surface area contributed by atoms with E-state index in [1.807, 2.05) is 12.3 Å². The van der Waals surface area contributed by atoms with Gasteiger partial charge in [-0.25, -0.2) is 4.98 Å². The third-order valence-corrected chi connectivity index (χ3v) is 6.36. The molecule has 5 rings (SSSR count). The Labute approximate surface area is 148 Å². The number of likely N-dealkylation sites (tertiary alicyclic amines) is 1. The number of hydrogen-bond acceptors (Lipinski definition) is 3. The van der Waals surface area contributed by atoms with Crippen LogP contribution in [0.15, 0.2) is 36.7 Å². The van der Waals surface area contributed by atoms with E-state index in [4.69, 9.17) is 0 Å². The van der Waals surface area contributed by atoms with Gasteiger partial charge in [-0.15, -0.1) is 0 Å². The van der Waals surface area contributed by atoms with E-state index in [9.17, 15) is 4.79 Å². The molecule has 0 bridgehead atoms. The van der Waals surface area contributed by atoms with Crippen molar-refractivity contribution in [2.45, 2.75) is 38.1 Å². The Morgan fingerprint density at radius 1 is 1.32 bits per heavy atom. The van der Waals surface area contributed by atoms with Gasteiger partial charge in [-0.1, -0.05) is 6.42 Å². The highest BCUT2D eigenvalue weighted by atomic mass is 16.2. The van der Waals surface area contributed by atoms with Crippen molar-refractivity contribution in [1.82, 2.24) is 14.5 Å². The summed E-state index contributed by atoms with van der Waals surface area (Å²) in [5, 5.41) is 0. The Morgan fingerprint density at radius 3 is 2.96 bits per heavy atom. The molecule has 5 nitrogen and oxygen atoms in total. The van der Waals surface area contributed by atoms with E-state index < -0.39 is 0 Å². The molecule has 25 heavy (non-hydrogen) atoms. The molecule has 1 saturated carbocycles. The van der Waals surface area contributed by atoms with Crippen molar-refractivity contribution in [3.8, 4) is 5.82 Å². The first-order valence-corrected chi connectivity index (χ1v) is 9.44. The lowest BCUT2D eigenvalue weighted by molar-refractivity contribution is -0.137. The van der Waals surface area contributed by atoms with Crippen LogP contribution in [0.5, 0.6) is 0 Å². The summed E-state index contributed by atoms with van der Waals surface area (Å²) in [5.74, 6) is 1.64. The molecule has 0 radical (unpaired) electrons. The van der Waals surface area contributed by atoms with Crippen molar-refractivity contribution in [1.29, 1.82) is 0 Å². The minimum absolute atomic E-state index is 0.131. The molecule has 4 heterocycles. The summed E-state index contributed by atoms with van der Waals surface area (Å²) >= 11 is 0. The predicted octanol–water partition coefficient (Wildman–Crippen LogP) is 2.94. The van der Waals surface area contributed by atoms with Crippen molar-refractivity contribution in [3.63, 3.8) is 0 Å². The quantitative estimate of drug-likeness (QED) is 0.847. The minimum atomic E-state index is -0.131. The summed E-state index contributed by atoms with van der Waals surface area (Å²) in [6.07, 6.45) is 8.30. The molecule has 5 heteroatoms. The molecule has 3 aliphatic rings. The van der Waals surface area contributed by atoms with E-state index in [1.165, 1.54) is 17.8 Å². The topological polar surface area (TPSA) is 41.4 Å². The van der Waals surface area contributed by atoms with E-state index in [0.29, 0.717) is 5.91 Å². The van der Waals surface area contributed by atoms with Crippen LogP contribution in [0.3, 0.4) is 0 Å². The number of aromatic nitrogens is 2. The van der Waals surface area contributed by atoms with E-state index in [-0.39, 0.29) is 11.5 Å². The molecular weight excluding hydrogens is 312 g/mol. The number of likely N-dealkylation sites (N-methyl/N-ethyl adjacent to an activating group) is 1. The average molecular weight is 336 g/mol. The third-order valence-electron chi connectivity index (χ3n) is 6.36. The fourth-order valence-corrected chi connectivity index (χ4v) is 4.90. The van der Waals surface area contributed by atoms with Crippen molar-refractivity contribution < 1.29 is 4.79 Å². The number of hydrogen-bond donors (Lipinski definition) is 0. The van der Waals surface area contributed by atoms with Crippen LogP contribution in [-0.2, 0) is 10.3 Å². The molecule has 2 aromatic rings. The summed E-state index contributed by atoms with van der Waals surface area (Å²) in [7, 11) is 0. The maximum atomic E-state index is 12.8. The number of amides is 1. The molecule has 130 valence electrons. The van der Waals surface area contributed by atoms with E-state index in [1.54, 1.807) is 0 Å². The minimum Gasteiger partial charge on any atom is -0.356 e. The van der Waals surface area contributed by atoms with Gasteiger partial charge in [0.1, 0.15) is 0 Å². The summed E-state index contributed by atoms with van der Waals surface area (Å²) in [4.78, 5) is 22.1. The monoisotopic (exact) mass is 336 g/mol. The average Bonchev–Trinajstić information content (AvgIpc) is 3.22. The number of anilines is 1. The van der Waals surface area contributed by atoms with Gasteiger partial charge in [0.05, 0.1) is 16.9 Å². The fourth-order valence-electron chi connectivity index (χ4n) is 4.90. The van der Waals surface area contributed by atoms with Gasteiger partial charge < -0.3 is 14.4 Å². The summed E-state index contributed by atoms with van der Waals surface area (Å²) in [6.45, 7) is 4.75. The van der Waals surface area contributed by atoms with Crippen molar-refractivity contribution in [2.75, 3.05) is 24.5 Å². The Kier molecular flexibility index (Phi) is 3.21. The Morgan fingerprint density at radius 2 is 2.20 bits per heavy atom. The lowest BCUT2D eigenvalue weighted by atomic mass is 9.84. The van der Waals surface area contributed by atoms with Gasteiger partial charge in [0, 0.05) is 37.9 Å². The summed E-state index contributed by atoms with van der Waals surface area (Å²) in [6, 6.07) is 8.48. The first-order chi connectivity index (χ1) is 12.2. The van der Waals surface area contributed by atoms with Crippen LogP contribution in [0.25, 0.3) is 5.82 Å². The fraction of sp³-hybridized carbons (Fsp3) is 0.500. The normalized spacial score (nSPS) is 25.0. The van der Waals surface area contributed by atoms with Gasteiger partial charge in [-0.05, 0) is 50.5 Å². The molecule has 1 aliphatic carbocycles. The number of fused-ring (bicyclic) bond motifs is 4. The van der Waals surface area contributed by atoms with Gasteiger partial charge in [-0.3, -0.25) is 4.79 Å². The summed E-state index contributed by atoms with van der Waals surface area (Å²) in [5.41, 5.74) is 2.31. The lowest BCUT2D eigenvalue weighted by Gasteiger charge is -2.46. The van der Waals surface area contributed by atoms with E-state index in [2.05, 4.69) is 50.7 Å². The smallest absolute Gasteiger partial charge is 0.225 e. The number of carbonyl (C=O) groups is 1. The third kappa shape index (κ3) is 1.95. The van der Waals surface area contributed by atoms with Crippen molar-refractivity contribution in [3.05, 3.63) is 42.4 Å². The molecule has 1 spiro atoms. The van der Waals surface area contributed by atoms with Crippen LogP contribution in [0.1, 0.15) is 38.3 Å². The highest BCUT2D eigenvalue weighted by Gasteiger charge is 2.51. The number of rotatable bonds is 2. The second-order valence-corrected chi connectivity index (χ2v) is 7.52. The van der Waals surface area contributed by atoms with Crippen molar-refractivity contribution >= 4 is 11.6 Å². The molecule has 2 fully saturated rings. The van der Waals surface area contributed by atoms with Crippen LogP contribution in [0.2, 0.25) is 0 Å². The van der Waals surface area contributed by atoms with E-state index in [0.717, 1.165) is 44.7 Å². The predicted molar refractivity (Wildman–Crippen MR) is 96.8 cm³/mol. The highest BCUT2D eigenvalue weighted by Crippen LogP contribution is 2.47. The standard InChI is InChI=1S/C20H24N4O/c1-2-24-16-8-4-11-21-18(16)23-12-5-9-17(23)20(24)10-13-22(14-20)19(25)15-6-3-7-15/h4-5,8-9,11-12,15H,2-3,6-7,10,13-14H2,1H3/t20-/m1/s1. The first-order valence-electron chi connectivity index (χ1n) is 9.44. The van der Waals surface area contributed by atoms with Gasteiger partial charge in [0.25, 0.3) is 0 Å². The van der Waals surface area contributed by atoms with Crippen LogP contribution in [0.4, 0.5) is 5.69 Å². The Bertz CT molecular complexity index is 825. The summed E-state index contributed by atoms with van der Waals surface area (Å²) < 4.78 is 2.22. The SMILES string of the molecule is CCN1c2cccnc2-n2cccc2[C@]12CCN(C(=O)C1CCC1)C2. The zero-order valence-corrected chi connectivity index (χ0v) is 14.7. The zero-order chi connectivity index (χ0) is 17.0. The molecular formula is C20H24N4O. The largest absolute Gasteiger partial charge is 0.356 e. The zero-order valence-electron chi connectivity index (χ0n) is 14.7. The molecule has 0 unspecified atom stereocenters. The lowest BCUT2D eigenvalue weighted by Crippen LogP contribution is -2.53. The highest BCUT2D eigenvalue weighted by molar-refractivity contribution is 5.80. The maximum absolute atomic E-state index is 12.8. The van der Waals surface area contributed by atoms with Crippen LogP contribution < -0.4 is 4.90 Å².